The maximum Gasteiger partial charge on any atom is 0.252 e. The largest absolute Gasteiger partial charge is 0.350 e. The molecule has 3 aromatic rings. The molecule has 1 aliphatic rings. The first kappa shape index (κ1) is 14.5. The first-order valence-electron chi connectivity index (χ1n) is 7.87. The van der Waals surface area contributed by atoms with Crippen molar-refractivity contribution in [2.75, 3.05) is 5.32 Å². The van der Waals surface area contributed by atoms with Crippen LogP contribution in [0.4, 0.5) is 5.69 Å². The first-order valence-corrected chi connectivity index (χ1v) is 7.87. The summed E-state index contributed by atoms with van der Waals surface area (Å²) < 4.78 is 2.01. The van der Waals surface area contributed by atoms with Crippen LogP contribution in [-0.4, -0.2) is 16.4 Å². The number of amides is 2. The van der Waals surface area contributed by atoms with Crippen molar-refractivity contribution in [2.24, 2.45) is 7.05 Å². The van der Waals surface area contributed by atoms with Crippen molar-refractivity contribution in [3.05, 3.63) is 65.9 Å². The van der Waals surface area contributed by atoms with Crippen molar-refractivity contribution >= 4 is 28.4 Å². The third-order valence-corrected chi connectivity index (χ3v) is 4.48. The molecule has 4 rings (SSSR count). The van der Waals surface area contributed by atoms with E-state index < -0.39 is 0 Å². The van der Waals surface area contributed by atoms with Crippen LogP contribution in [-0.2, 0) is 11.8 Å². The van der Waals surface area contributed by atoms with Crippen LogP contribution in [0.5, 0.6) is 0 Å². The Bertz CT molecular complexity index is 958. The van der Waals surface area contributed by atoms with E-state index in [1.807, 2.05) is 60.3 Å². The molecule has 0 aliphatic carbocycles. The Morgan fingerprint density at radius 3 is 2.88 bits per heavy atom. The van der Waals surface area contributed by atoms with Crippen LogP contribution in [0.1, 0.15) is 28.4 Å². The minimum Gasteiger partial charge on any atom is -0.350 e. The highest BCUT2D eigenvalue weighted by Crippen LogP contribution is 2.29. The quantitative estimate of drug-likeness (QED) is 0.779. The summed E-state index contributed by atoms with van der Waals surface area (Å²) in [7, 11) is 1.97. The van der Waals surface area contributed by atoms with Gasteiger partial charge in [0, 0.05) is 29.7 Å². The van der Waals surface area contributed by atoms with E-state index in [0.29, 0.717) is 5.56 Å². The lowest BCUT2D eigenvalue weighted by Gasteiger charge is -2.12. The van der Waals surface area contributed by atoms with Gasteiger partial charge in [0.15, 0.2) is 0 Å². The minimum absolute atomic E-state index is 0.117. The monoisotopic (exact) mass is 319 g/mol. The maximum absolute atomic E-state index is 12.5. The van der Waals surface area contributed by atoms with Crippen molar-refractivity contribution in [3.8, 4) is 0 Å². The second kappa shape index (κ2) is 5.53. The second-order valence-electron chi connectivity index (χ2n) is 6.03. The van der Waals surface area contributed by atoms with Gasteiger partial charge in [0.2, 0.25) is 5.91 Å². The highest BCUT2D eigenvalue weighted by atomic mass is 16.2. The Kier molecular flexibility index (Phi) is 3.34. The number of fused-ring (bicyclic) bond motifs is 2. The maximum atomic E-state index is 12.5. The van der Waals surface area contributed by atoms with E-state index in [-0.39, 0.29) is 24.3 Å². The van der Waals surface area contributed by atoms with Gasteiger partial charge in [0.25, 0.3) is 5.91 Å². The fourth-order valence-electron chi connectivity index (χ4n) is 3.28. The van der Waals surface area contributed by atoms with Gasteiger partial charge in [-0.2, -0.15) is 0 Å². The van der Waals surface area contributed by atoms with Crippen LogP contribution < -0.4 is 10.6 Å². The third kappa shape index (κ3) is 2.34. The summed E-state index contributed by atoms with van der Waals surface area (Å²) in [5.41, 5.74) is 3.39. The average molecular weight is 319 g/mol. The average Bonchev–Trinajstić information content (AvgIpc) is 3.10. The molecule has 2 N–H and O–H groups in total. The molecule has 1 aromatic heterocycles. The fourth-order valence-corrected chi connectivity index (χ4v) is 3.28. The molecular weight excluding hydrogens is 302 g/mol. The molecular formula is C19H17N3O2. The number of benzene rings is 2. The number of aryl methyl sites for hydroxylation is 1. The summed E-state index contributed by atoms with van der Waals surface area (Å²) in [6.45, 7) is 0. The van der Waals surface area contributed by atoms with Crippen molar-refractivity contribution in [1.29, 1.82) is 0 Å². The summed E-state index contributed by atoms with van der Waals surface area (Å²) in [5.74, 6) is -0.234. The van der Waals surface area contributed by atoms with Gasteiger partial charge >= 0.3 is 0 Å². The molecule has 0 saturated heterocycles. The fraction of sp³-hybridized carbons (Fsp3) is 0.158. The number of nitrogens with one attached hydrogen (secondary N) is 2. The first-order chi connectivity index (χ1) is 11.6. The van der Waals surface area contributed by atoms with Crippen LogP contribution >= 0.6 is 0 Å². The van der Waals surface area contributed by atoms with Gasteiger partial charge in [0.05, 0.1) is 18.2 Å². The van der Waals surface area contributed by atoms with Crippen LogP contribution in [0.2, 0.25) is 0 Å². The molecule has 1 aliphatic heterocycles. The molecule has 1 atom stereocenters. The molecule has 0 saturated carbocycles. The molecule has 0 fully saturated rings. The van der Waals surface area contributed by atoms with Crippen molar-refractivity contribution in [3.63, 3.8) is 0 Å². The third-order valence-electron chi connectivity index (χ3n) is 4.48. The van der Waals surface area contributed by atoms with Gasteiger partial charge in [-0.3, -0.25) is 9.59 Å². The van der Waals surface area contributed by atoms with Gasteiger partial charge in [0.1, 0.15) is 0 Å². The molecule has 1 unspecified atom stereocenters. The summed E-state index contributed by atoms with van der Waals surface area (Å²) in [5, 5.41) is 6.84. The minimum atomic E-state index is -0.274. The highest BCUT2D eigenvalue weighted by molar-refractivity contribution is 6.03. The van der Waals surface area contributed by atoms with Crippen LogP contribution in [0.3, 0.4) is 0 Å². The van der Waals surface area contributed by atoms with Gasteiger partial charge < -0.3 is 15.2 Å². The number of hydrogen-bond donors (Lipinski definition) is 2. The lowest BCUT2D eigenvalue weighted by Crippen LogP contribution is -2.24. The number of carbonyl (C=O) groups is 2. The lowest BCUT2D eigenvalue weighted by atomic mass is 10.0. The molecule has 0 radical (unpaired) electrons. The molecule has 2 aromatic carbocycles. The molecule has 0 spiro atoms. The van der Waals surface area contributed by atoms with Crippen LogP contribution in [0, 0.1) is 0 Å². The molecule has 24 heavy (non-hydrogen) atoms. The zero-order chi connectivity index (χ0) is 16.7. The van der Waals surface area contributed by atoms with Crippen LogP contribution in [0.25, 0.3) is 10.9 Å². The number of rotatable bonds is 3. The summed E-state index contributed by atoms with van der Waals surface area (Å²) in [6, 6.07) is 14.9. The molecule has 2 heterocycles. The summed E-state index contributed by atoms with van der Waals surface area (Å²) in [4.78, 5) is 24.4. The van der Waals surface area contributed by atoms with Crippen molar-refractivity contribution in [1.82, 2.24) is 9.88 Å². The zero-order valence-electron chi connectivity index (χ0n) is 13.2. The van der Waals surface area contributed by atoms with Gasteiger partial charge in [-0.15, -0.1) is 0 Å². The molecule has 5 nitrogen and oxygen atoms in total. The number of aromatic nitrogens is 1. The number of carbonyl (C=O) groups excluding carboxylic acids is 2. The summed E-state index contributed by atoms with van der Waals surface area (Å²) >= 11 is 0. The predicted octanol–water partition coefficient (Wildman–Crippen LogP) is 2.99. The lowest BCUT2D eigenvalue weighted by molar-refractivity contribution is -0.116. The SMILES string of the molecule is Cn1ccc2c(NC(=O)CC3NC(=O)c4ccccc43)cccc21. The topological polar surface area (TPSA) is 63.1 Å². The Morgan fingerprint density at radius 2 is 2.00 bits per heavy atom. The van der Waals surface area contributed by atoms with E-state index in [2.05, 4.69) is 10.6 Å². The normalized spacial score (nSPS) is 16.0. The summed E-state index contributed by atoms with van der Waals surface area (Å²) in [6.07, 6.45) is 2.18. The van der Waals surface area contributed by atoms with E-state index in [1.165, 1.54) is 0 Å². The van der Waals surface area contributed by atoms with Crippen molar-refractivity contribution < 1.29 is 9.59 Å². The Hall–Kier alpha value is -3.08. The smallest absolute Gasteiger partial charge is 0.252 e. The number of nitrogens with zero attached hydrogens (tertiary/aromatic N) is 1. The highest BCUT2D eigenvalue weighted by Gasteiger charge is 2.29. The molecule has 120 valence electrons. The molecule has 5 heteroatoms. The zero-order valence-corrected chi connectivity index (χ0v) is 13.2. The molecule has 2 amide bonds. The van der Waals surface area contributed by atoms with Crippen LogP contribution in [0.15, 0.2) is 54.7 Å². The standard InChI is InChI=1S/C19H17N3O2/c1-22-10-9-14-15(7-4-8-17(14)22)20-18(23)11-16-12-5-2-3-6-13(12)19(24)21-16/h2-10,16H,11H2,1H3,(H,20,23)(H,21,24). The van der Waals surface area contributed by atoms with Crippen molar-refractivity contribution in [2.45, 2.75) is 12.5 Å². The second-order valence-corrected chi connectivity index (χ2v) is 6.03. The van der Waals surface area contributed by atoms with E-state index in [4.69, 9.17) is 0 Å². The van der Waals surface area contributed by atoms with E-state index in [0.717, 1.165) is 22.2 Å². The van der Waals surface area contributed by atoms with E-state index in [1.54, 1.807) is 6.07 Å². The van der Waals surface area contributed by atoms with E-state index in [9.17, 15) is 9.59 Å². The number of anilines is 1. The van der Waals surface area contributed by atoms with Gasteiger partial charge in [-0.25, -0.2) is 0 Å². The molecule has 0 bridgehead atoms. The van der Waals surface area contributed by atoms with E-state index >= 15 is 0 Å². The predicted molar refractivity (Wildman–Crippen MR) is 92.8 cm³/mol. The Balaban J connectivity index is 1.54. The van der Waals surface area contributed by atoms with Gasteiger partial charge in [-0.1, -0.05) is 24.3 Å². The number of hydrogen-bond acceptors (Lipinski definition) is 2. The Morgan fingerprint density at radius 1 is 1.17 bits per heavy atom. The Labute approximate surface area is 139 Å². The van der Waals surface area contributed by atoms with Gasteiger partial charge in [-0.05, 0) is 29.8 Å².